The zero-order valence-electron chi connectivity index (χ0n) is 13.9. The minimum atomic E-state index is 0.00437. The molecule has 3 rings (SSSR count). The van der Waals surface area contributed by atoms with E-state index < -0.39 is 0 Å². The molecule has 2 heterocycles. The Hall–Kier alpha value is -2.40. The molecule has 1 unspecified atom stereocenters. The molecule has 1 aromatic heterocycles. The van der Waals surface area contributed by atoms with Gasteiger partial charge in [0.2, 0.25) is 0 Å². The maximum Gasteiger partial charge on any atom is 0.253 e. The summed E-state index contributed by atoms with van der Waals surface area (Å²) in [6.45, 7) is 1.43. The van der Waals surface area contributed by atoms with Crippen molar-refractivity contribution in [2.45, 2.75) is 25.4 Å². The van der Waals surface area contributed by atoms with E-state index in [1.807, 2.05) is 37.4 Å². The highest BCUT2D eigenvalue weighted by atomic mass is 16.5. The summed E-state index contributed by atoms with van der Waals surface area (Å²) in [6.07, 6.45) is 5.18. The number of amides is 1. The van der Waals surface area contributed by atoms with Crippen molar-refractivity contribution in [2.75, 3.05) is 25.9 Å². The highest BCUT2D eigenvalue weighted by molar-refractivity contribution is 5.94. The van der Waals surface area contributed by atoms with E-state index >= 15 is 0 Å². The van der Waals surface area contributed by atoms with Crippen LogP contribution in [0.2, 0.25) is 0 Å². The minimum Gasteiger partial charge on any atom is -0.397 e. The number of hydrogen-bond donors (Lipinski definition) is 1. The Morgan fingerprint density at radius 3 is 2.75 bits per heavy atom. The number of ether oxygens (including phenoxy) is 1. The number of nitrogens with zero attached hydrogens (tertiary/aromatic N) is 2. The Labute approximate surface area is 142 Å². The summed E-state index contributed by atoms with van der Waals surface area (Å²) in [4.78, 5) is 18.6. The van der Waals surface area contributed by atoms with Gasteiger partial charge in [0.15, 0.2) is 0 Å². The van der Waals surface area contributed by atoms with Gasteiger partial charge in [-0.2, -0.15) is 0 Å². The molecule has 0 saturated carbocycles. The van der Waals surface area contributed by atoms with Gasteiger partial charge in [-0.1, -0.05) is 12.1 Å². The van der Waals surface area contributed by atoms with Crippen LogP contribution in [0, 0.1) is 0 Å². The van der Waals surface area contributed by atoms with Crippen molar-refractivity contribution in [3.8, 4) is 11.3 Å². The van der Waals surface area contributed by atoms with Crippen molar-refractivity contribution in [3.05, 3.63) is 48.2 Å². The number of nitrogen functional groups attached to an aromatic ring is 1. The topological polar surface area (TPSA) is 68.5 Å². The Kier molecular flexibility index (Phi) is 5.11. The highest BCUT2D eigenvalue weighted by Crippen LogP contribution is 2.23. The molecule has 1 aliphatic rings. The van der Waals surface area contributed by atoms with Crippen LogP contribution < -0.4 is 5.73 Å². The van der Waals surface area contributed by atoms with Gasteiger partial charge in [-0.3, -0.25) is 9.78 Å². The lowest BCUT2D eigenvalue weighted by Gasteiger charge is -2.27. The van der Waals surface area contributed by atoms with Crippen molar-refractivity contribution in [1.29, 1.82) is 0 Å². The fraction of sp³-hybridized carbons (Fsp3) is 0.368. The zero-order chi connectivity index (χ0) is 16.9. The van der Waals surface area contributed by atoms with E-state index in [1.165, 1.54) is 6.42 Å². The monoisotopic (exact) mass is 325 g/mol. The van der Waals surface area contributed by atoms with E-state index in [0.717, 1.165) is 30.7 Å². The Morgan fingerprint density at radius 2 is 2.08 bits per heavy atom. The van der Waals surface area contributed by atoms with Gasteiger partial charge in [0, 0.05) is 37.5 Å². The number of carbonyl (C=O) groups excluding carboxylic acids is 1. The summed E-state index contributed by atoms with van der Waals surface area (Å²) in [6, 6.07) is 11.0. The van der Waals surface area contributed by atoms with Gasteiger partial charge in [-0.15, -0.1) is 0 Å². The largest absolute Gasteiger partial charge is 0.397 e. The number of rotatable bonds is 4. The first-order chi connectivity index (χ1) is 11.6. The third kappa shape index (κ3) is 3.74. The second-order valence-corrected chi connectivity index (χ2v) is 6.19. The molecule has 1 amide bonds. The summed E-state index contributed by atoms with van der Waals surface area (Å²) >= 11 is 0. The summed E-state index contributed by atoms with van der Waals surface area (Å²) in [5.41, 5.74) is 8.88. The van der Waals surface area contributed by atoms with Crippen LogP contribution in [0.15, 0.2) is 42.6 Å². The normalized spacial score (nSPS) is 17.5. The van der Waals surface area contributed by atoms with Gasteiger partial charge in [-0.05, 0) is 43.5 Å². The molecule has 1 saturated heterocycles. The molecule has 2 N–H and O–H groups in total. The predicted molar refractivity (Wildman–Crippen MR) is 94.6 cm³/mol. The van der Waals surface area contributed by atoms with Crippen LogP contribution in [-0.4, -0.2) is 42.1 Å². The Morgan fingerprint density at radius 1 is 1.29 bits per heavy atom. The molecule has 5 nitrogen and oxygen atoms in total. The number of benzene rings is 1. The lowest BCUT2D eigenvalue weighted by Crippen LogP contribution is -2.37. The first-order valence-electron chi connectivity index (χ1n) is 8.33. The van der Waals surface area contributed by atoms with E-state index in [1.54, 1.807) is 17.2 Å². The van der Waals surface area contributed by atoms with Gasteiger partial charge in [0.05, 0.1) is 17.5 Å². The standard InChI is InChI=1S/C19H23N3O2/c1-22(13-16-5-2-3-12-24-16)19(23)15-9-7-14(8-10-15)18-17(20)6-4-11-21-18/h4,6-11,16H,2-3,5,12-13,20H2,1H3. The number of pyridine rings is 1. The molecule has 126 valence electrons. The number of aromatic nitrogens is 1. The van der Waals surface area contributed by atoms with Crippen LogP contribution in [0.5, 0.6) is 0 Å². The minimum absolute atomic E-state index is 0.00437. The molecule has 24 heavy (non-hydrogen) atoms. The fourth-order valence-corrected chi connectivity index (χ4v) is 2.99. The Bertz CT molecular complexity index is 694. The molecule has 0 aliphatic carbocycles. The van der Waals surface area contributed by atoms with E-state index in [-0.39, 0.29) is 12.0 Å². The summed E-state index contributed by atoms with van der Waals surface area (Å²) in [5, 5.41) is 0. The van der Waals surface area contributed by atoms with Gasteiger partial charge in [0.1, 0.15) is 0 Å². The molecule has 1 atom stereocenters. The van der Waals surface area contributed by atoms with Crippen LogP contribution in [-0.2, 0) is 4.74 Å². The maximum atomic E-state index is 12.6. The quantitative estimate of drug-likeness (QED) is 0.938. The number of likely N-dealkylation sites (N-methyl/N-ethyl adjacent to an activating group) is 1. The van der Waals surface area contributed by atoms with Crippen LogP contribution >= 0.6 is 0 Å². The molecular formula is C19H23N3O2. The molecule has 5 heteroatoms. The molecule has 2 aromatic rings. The van der Waals surface area contributed by atoms with Gasteiger partial charge in [0.25, 0.3) is 5.91 Å². The molecule has 0 bridgehead atoms. The molecule has 0 radical (unpaired) electrons. The van der Waals surface area contributed by atoms with Crippen LogP contribution in [0.4, 0.5) is 5.69 Å². The van der Waals surface area contributed by atoms with E-state index in [2.05, 4.69) is 4.98 Å². The van der Waals surface area contributed by atoms with Crippen molar-refractivity contribution in [2.24, 2.45) is 0 Å². The zero-order valence-corrected chi connectivity index (χ0v) is 13.9. The summed E-state index contributed by atoms with van der Waals surface area (Å²) < 4.78 is 5.71. The van der Waals surface area contributed by atoms with Crippen molar-refractivity contribution in [1.82, 2.24) is 9.88 Å². The number of hydrogen-bond acceptors (Lipinski definition) is 4. The molecule has 1 fully saturated rings. The molecule has 1 aliphatic heterocycles. The smallest absolute Gasteiger partial charge is 0.253 e. The van der Waals surface area contributed by atoms with Gasteiger partial charge >= 0.3 is 0 Å². The number of anilines is 1. The molecule has 0 spiro atoms. The highest BCUT2D eigenvalue weighted by Gasteiger charge is 2.19. The first-order valence-corrected chi connectivity index (χ1v) is 8.33. The summed E-state index contributed by atoms with van der Waals surface area (Å²) in [7, 11) is 1.82. The third-order valence-corrected chi connectivity index (χ3v) is 4.34. The van der Waals surface area contributed by atoms with Crippen molar-refractivity contribution in [3.63, 3.8) is 0 Å². The number of nitrogens with two attached hydrogens (primary N) is 1. The second kappa shape index (κ2) is 7.45. The predicted octanol–water partition coefficient (Wildman–Crippen LogP) is 2.97. The van der Waals surface area contributed by atoms with Crippen LogP contribution in [0.1, 0.15) is 29.6 Å². The number of carbonyl (C=O) groups is 1. The van der Waals surface area contributed by atoms with E-state index in [0.29, 0.717) is 17.8 Å². The van der Waals surface area contributed by atoms with Crippen molar-refractivity contribution < 1.29 is 9.53 Å². The SMILES string of the molecule is CN(CC1CCCCO1)C(=O)c1ccc(-c2ncccc2N)cc1. The van der Waals surface area contributed by atoms with Crippen LogP contribution in [0.3, 0.4) is 0 Å². The van der Waals surface area contributed by atoms with E-state index in [4.69, 9.17) is 10.5 Å². The Balaban J connectivity index is 1.68. The van der Waals surface area contributed by atoms with Gasteiger partial charge < -0.3 is 15.4 Å². The van der Waals surface area contributed by atoms with Gasteiger partial charge in [-0.25, -0.2) is 0 Å². The second-order valence-electron chi connectivity index (χ2n) is 6.19. The van der Waals surface area contributed by atoms with Crippen LogP contribution in [0.25, 0.3) is 11.3 Å². The summed E-state index contributed by atoms with van der Waals surface area (Å²) in [5.74, 6) is 0.00437. The average molecular weight is 325 g/mol. The average Bonchev–Trinajstić information content (AvgIpc) is 2.62. The molecule has 1 aromatic carbocycles. The lowest BCUT2D eigenvalue weighted by molar-refractivity contribution is -0.000186. The lowest BCUT2D eigenvalue weighted by atomic mass is 10.1. The third-order valence-electron chi connectivity index (χ3n) is 4.34. The maximum absolute atomic E-state index is 12.6. The fourth-order valence-electron chi connectivity index (χ4n) is 2.99. The molecular weight excluding hydrogens is 302 g/mol. The van der Waals surface area contributed by atoms with Crippen molar-refractivity contribution >= 4 is 11.6 Å². The van der Waals surface area contributed by atoms with E-state index in [9.17, 15) is 4.79 Å². The first kappa shape index (κ1) is 16.5.